The van der Waals surface area contributed by atoms with Crippen molar-refractivity contribution in [3.05, 3.63) is 24.3 Å². The second kappa shape index (κ2) is 11.5. The molecule has 0 radical (unpaired) electrons. The number of imide groups is 1. The third-order valence-corrected chi connectivity index (χ3v) is 7.97. The Kier molecular flexibility index (Phi) is 8.44. The van der Waals surface area contributed by atoms with E-state index in [2.05, 4.69) is 16.7 Å². The van der Waals surface area contributed by atoms with Gasteiger partial charge in [-0.25, -0.2) is 4.90 Å². The van der Waals surface area contributed by atoms with Gasteiger partial charge in [0.1, 0.15) is 11.3 Å². The summed E-state index contributed by atoms with van der Waals surface area (Å²) in [5.74, 6) is 0.114. The summed E-state index contributed by atoms with van der Waals surface area (Å²) in [5.41, 5.74) is 5.86. The minimum Gasteiger partial charge on any atom is -0.494 e. The number of carbonyl (C=O) groups excluding carboxylic acids is 3. The van der Waals surface area contributed by atoms with E-state index >= 15 is 0 Å². The van der Waals surface area contributed by atoms with Crippen molar-refractivity contribution in [2.45, 2.75) is 82.7 Å². The predicted octanol–water partition coefficient (Wildman–Crippen LogP) is 3.08. The molecule has 2 N–H and O–H groups in total. The van der Waals surface area contributed by atoms with E-state index < -0.39 is 11.6 Å². The van der Waals surface area contributed by atoms with Crippen molar-refractivity contribution in [1.82, 2.24) is 9.80 Å². The molecule has 3 amide bonds. The van der Waals surface area contributed by atoms with E-state index in [9.17, 15) is 14.4 Å². The number of rotatable bonds is 10. The van der Waals surface area contributed by atoms with Crippen LogP contribution in [-0.4, -0.2) is 71.9 Å². The van der Waals surface area contributed by atoms with Crippen LogP contribution in [0.5, 0.6) is 5.75 Å². The summed E-state index contributed by atoms with van der Waals surface area (Å²) in [4.78, 5) is 44.3. The highest BCUT2D eigenvalue weighted by molar-refractivity contribution is 6.22. The predicted molar refractivity (Wildman–Crippen MR) is 135 cm³/mol. The van der Waals surface area contributed by atoms with Gasteiger partial charge in [0, 0.05) is 13.1 Å². The number of amides is 3. The fraction of sp³-hybridized carbons (Fsp3) is 0.667. The SMILES string of the molecule is CCCCCCOc1ccc(N2C(=O)CC(N3CCC(C(N)=O)(N4CCCCC4)CC3)C2=O)cc1. The Hall–Kier alpha value is -2.45. The fourth-order valence-corrected chi connectivity index (χ4v) is 5.83. The van der Waals surface area contributed by atoms with E-state index in [1.165, 1.54) is 24.2 Å². The summed E-state index contributed by atoms with van der Waals surface area (Å²) in [7, 11) is 0. The van der Waals surface area contributed by atoms with E-state index in [0.29, 0.717) is 38.2 Å². The first-order valence-corrected chi connectivity index (χ1v) is 13.3. The minimum absolute atomic E-state index is 0.168. The number of primary amides is 1. The molecule has 0 saturated carbocycles. The normalized spacial score (nSPS) is 23.6. The molecular formula is C27H40N4O4. The highest BCUT2D eigenvalue weighted by Gasteiger charge is 2.49. The first-order chi connectivity index (χ1) is 17.0. The van der Waals surface area contributed by atoms with Crippen LogP contribution in [0.1, 0.15) is 71.1 Å². The number of hydrogen-bond donors (Lipinski definition) is 1. The van der Waals surface area contributed by atoms with Crippen LogP contribution in [0.25, 0.3) is 0 Å². The van der Waals surface area contributed by atoms with Gasteiger partial charge in [-0.2, -0.15) is 0 Å². The van der Waals surface area contributed by atoms with E-state index in [-0.39, 0.29) is 24.1 Å². The second-order valence-electron chi connectivity index (χ2n) is 10.2. The summed E-state index contributed by atoms with van der Waals surface area (Å²) in [6.45, 7) is 5.82. The lowest BCUT2D eigenvalue weighted by molar-refractivity contribution is -0.136. The fourth-order valence-electron chi connectivity index (χ4n) is 5.83. The van der Waals surface area contributed by atoms with Gasteiger partial charge >= 0.3 is 0 Å². The minimum atomic E-state index is -0.630. The topological polar surface area (TPSA) is 96.2 Å². The quantitative estimate of drug-likeness (QED) is 0.405. The van der Waals surface area contributed by atoms with Gasteiger partial charge < -0.3 is 10.5 Å². The lowest BCUT2D eigenvalue weighted by atomic mass is 9.83. The maximum Gasteiger partial charge on any atom is 0.251 e. The Bertz CT molecular complexity index is 889. The number of piperidine rings is 2. The Morgan fingerprint density at radius 2 is 1.69 bits per heavy atom. The molecule has 1 unspecified atom stereocenters. The first-order valence-electron chi connectivity index (χ1n) is 13.3. The zero-order valence-corrected chi connectivity index (χ0v) is 21.0. The Labute approximate surface area is 208 Å². The van der Waals surface area contributed by atoms with E-state index in [4.69, 9.17) is 10.5 Å². The molecule has 35 heavy (non-hydrogen) atoms. The average Bonchev–Trinajstić information content (AvgIpc) is 3.18. The number of hydrogen-bond acceptors (Lipinski definition) is 6. The van der Waals surface area contributed by atoms with Crippen LogP contribution >= 0.6 is 0 Å². The highest BCUT2D eigenvalue weighted by atomic mass is 16.5. The van der Waals surface area contributed by atoms with Gasteiger partial charge in [-0.3, -0.25) is 24.2 Å². The number of unbranched alkanes of at least 4 members (excludes halogenated alkanes) is 3. The molecule has 3 saturated heterocycles. The third kappa shape index (κ3) is 5.54. The van der Waals surface area contributed by atoms with Crippen LogP contribution in [0.3, 0.4) is 0 Å². The van der Waals surface area contributed by atoms with Crippen molar-refractivity contribution in [2.24, 2.45) is 5.73 Å². The van der Waals surface area contributed by atoms with Gasteiger partial charge in [0.25, 0.3) is 5.91 Å². The first kappa shape index (κ1) is 25.6. The molecule has 8 nitrogen and oxygen atoms in total. The summed E-state index contributed by atoms with van der Waals surface area (Å²) in [5, 5.41) is 0. The Balaban J connectivity index is 1.35. The number of nitrogens with two attached hydrogens (primary N) is 1. The summed E-state index contributed by atoms with van der Waals surface area (Å²) in [6, 6.07) is 6.73. The van der Waals surface area contributed by atoms with Crippen LogP contribution in [0, 0.1) is 0 Å². The van der Waals surface area contributed by atoms with Gasteiger partial charge in [0.05, 0.1) is 24.8 Å². The zero-order chi connectivity index (χ0) is 24.8. The van der Waals surface area contributed by atoms with Crippen molar-refractivity contribution in [2.75, 3.05) is 37.7 Å². The molecule has 3 fully saturated rings. The molecule has 0 bridgehead atoms. The average molecular weight is 485 g/mol. The van der Waals surface area contributed by atoms with Crippen LogP contribution < -0.4 is 15.4 Å². The largest absolute Gasteiger partial charge is 0.494 e. The zero-order valence-electron chi connectivity index (χ0n) is 21.0. The lowest BCUT2D eigenvalue weighted by Crippen LogP contribution is -2.64. The maximum atomic E-state index is 13.3. The number of benzene rings is 1. The summed E-state index contributed by atoms with van der Waals surface area (Å²) < 4.78 is 5.79. The molecule has 0 spiro atoms. The Morgan fingerprint density at radius 1 is 1.00 bits per heavy atom. The highest BCUT2D eigenvalue weighted by Crippen LogP contribution is 2.35. The monoisotopic (exact) mass is 484 g/mol. The van der Waals surface area contributed by atoms with Crippen LogP contribution in [0.15, 0.2) is 24.3 Å². The van der Waals surface area contributed by atoms with E-state index in [1.54, 1.807) is 12.1 Å². The van der Waals surface area contributed by atoms with Crippen LogP contribution in [-0.2, 0) is 14.4 Å². The van der Waals surface area contributed by atoms with Gasteiger partial charge in [-0.15, -0.1) is 0 Å². The molecule has 8 heteroatoms. The number of carbonyl (C=O) groups is 3. The second-order valence-corrected chi connectivity index (χ2v) is 10.2. The van der Waals surface area contributed by atoms with Gasteiger partial charge in [-0.05, 0) is 69.5 Å². The molecule has 192 valence electrons. The van der Waals surface area contributed by atoms with Gasteiger partial charge in [-0.1, -0.05) is 32.6 Å². The van der Waals surface area contributed by atoms with Crippen LogP contribution in [0.2, 0.25) is 0 Å². The molecule has 3 aliphatic heterocycles. The molecular weight excluding hydrogens is 444 g/mol. The standard InChI is InChI=1S/C27H40N4O4/c1-2-3-4-8-19-35-22-11-9-21(10-12-22)31-24(32)20-23(25(31)33)29-17-13-27(14-18-29,26(28)34)30-15-6-5-7-16-30/h9-12,23H,2-8,13-20H2,1H3,(H2,28,34). The number of ether oxygens (including phenoxy) is 1. The molecule has 3 aliphatic rings. The van der Waals surface area contributed by atoms with Crippen molar-refractivity contribution in [3.8, 4) is 5.75 Å². The number of likely N-dealkylation sites (tertiary alicyclic amines) is 2. The molecule has 1 aromatic carbocycles. The Morgan fingerprint density at radius 3 is 2.31 bits per heavy atom. The third-order valence-electron chi connectivity index (χ3n) is 7.97. The lowest BCUT2D eigenvalue weighted by Gasteiger charge is -2.48. The number of nitrogens with zero attached hydrogens (tertiary/aromatic N) is 3. The van der Waals surface area contributed by atoms with Gasteiger partial charge in [0.2, 0.25) is 11.8 Å². The molecule has 0 aliphatic carbocycles. The molecule has 0 aromatic heterocycles. The summed E-state index contributed by atoms with van der Waals surface area (Å²) >= 11 is 0. The van der Waals surface area contributed by atoms with Gasteiger partial charge in [0.15, 0.2) is 0 Å². The van der Waals surface area contributed by atoms with Crippen molar-refractivity contribution in [3.63, 3.8) is 0 Å². The summed E-state index contributed by atoms with van der Waals surface area (Å²) in [6.07, 6.45) is 9.32. The van der Waals surface area contributed by atoms with Crippen molar-refractivity contribution < 1.29 is 19.1 Å². The van der Waals surface area contributed by atoms with Crippen LogP contribution in [0.4, 0.5) is 5.69 Å². The van der Waals surface area contributed by atoms with E-state index in [0.717, 1.165) is 44.5 Å². The maximum absolute atomic E-state index is 13.3. The molecule has 1 aromatic rings. The number of anilines is 1. The van der Waals surface area contributed by atoms with Crippen molar-refractivity contribution >= 4 is 23.4 Å². The van der Waals surface area contributed by atoms with Crippen molar-refractivity contribution in [1.29, 1.82) is 0 Å². The smallest absolute Gasteiger partial charge is 0.251 e. The molecule has 3 heterocycles. The molecule has 4 rings (SSSR count). The van der Waals surface area contributed by atoms with E-state index in [1.807, 2.05) is 12.1 Å². The molecule has 1 atom stereocenters.